The summed E-state index contributed by atoms with van der Waals surface area (Å²) in [6.45, 7) is 0. The summed E-state index contributed by atoms with van der Waals surface area (Å²) in [5.74, 6) is -0.133. The third-order valence-corrected chi connectivity index (χ3v) is 3.51. The number of hydrogen-bond donors (Lipinski definition) is 2. The first-order valence-electron chi connectivity index (χ1n) is 6.84. The number of aromatic amines is 1. The maximum atomic E-state index is 12.1. The van der Waals surface area contributed by atoms with Crippen molar-refractivity contribution in [2.24, 2.45) is 5.92 Å². The maximum Gasteiger partial charge on any atom is 0.439 e. The molecule has 1 amide bonds. The molecule has 1 unspecified atom stereocenters. The van der Waals surface area contributed by atoms with Crippen LogP contribution in [0.4, 0.5) is 5.69 Å². The van der Waals surface area contributed by atoms with Gasteiger partial charge in [-0.3, -0.25) is 14.3 Å². The molecule has 1 aliphatic carbocycles. The molecule has 2 aromatic rings. The summed E-state index contributed by atoms with van der Waals surface area (Å²) in [4.78, 5) is 25.5. The SMILES string of the molecule is O=C(Nc1ccc(-c2noc(=O)[nH]2)cc1)C1CC=CCC1. The molecule has 3 rings (SSSR count). The molecule has 1 atom stereocenters. The smallest absolute Gasteiger partial charge is 0.326 e. The van der Waals surface area contributed by atoms with E-state index < -0.39 is 5.76 Å². The first kappa shape index (κ1) is 13.4. The number of hydrogen-bond acceptors (Lipinski definition) is 4. The van der Waals surface area contributed by atoms with E-state index in [9.17, 15) is 9.59 Å². The first-order valence-corrected chi connectivity index (χ1v) is 6.84. The molecule has 0 radical (unpaired) electrons. The minimum absolute atomic E-state index is 0.0431. The predicted octanol–water partition coefficient (Wildman–Crippen LogP) is 2.32. The molecule has 108 valence electrons. The summed E-state index contributed by atoms with van der Waals surface area (Å²) in [5, 5.41) is 6.52. The minimum Gasteiger partial charge on any atom is -0.326 e. The van der Waals surface area contributed by atoms with Gasteiger partial charge in [-0.25, -0.2) is 4.79 Å². The molecule has 0 bridgehead atoms. The highest BCUT2D eigenvalue weighted by Crippen LogP contribution is 2.21. The first-order chi connectivity index (χ1) is 10.2. The summed E-state index contributed by atoms with van der Waals surface area (Å²) < 4.78 is 4.46. The van der Waals surface area contributed by atoms with Crippen molar-refractivity contribution in [3.05, 3.63) is 47.0 Å². The molecule has 0 saturated carbocycles. The predicted molar refractivity (Wildman–Crippen MR) is 77.7 cm³/mol. The van der Waals surface area contributed by atoms with E-state index in [2.05, 4.69) is 32.1 Å². The van der Waals surface area contributed by atoms with Gasteiger partial charge in [-0.2, -0.15) is 0 Å². The maximum absolute atomic E-state index is 12.1. The number of anilines is 1. The molecule has 0 saturated heterocycles. The zero-order valence-corrected chi connectivity index (χ0v) is 11.3. The largest absolute Gasteiger partial charge is 0.439 e. The van der Waals surface area contributed by atoms with E-state index in [4.69, 9.17) is 0 Å². The van der Waals surface area contributed by atoms with Crippen LogP contribution in [0.2, 0.25) is 0 Å². The molecular weight excluding hydrogens is 270 g/mol. The molecule has 0 aliphatic heterocycles. The average Bonchev–Trinajstić information content (AvgIpc) is 2.95. The van der Waals surface area contributed by atoms with Crippen LogP contribution in [0.15, 0.2) is 45.7 Å². The number of nitrogens with zero attached hydrogens (tertiary/aromatic N) is 1. The molecule has 21 heavy (non-hydrogen) atoms. The van der Waals surface area contributed by atoms with E-state index in [1.807, 2.05) is 0 Å². The normalized spacial score (nSPS) is 17.6. The van der Waals surface area contributed by atoms with E-state index >= 15 is 0 Å². The van der Waals surface area contributed by atoms with Crippen molar-refractivity contribution < 1.29 is 9.32 Å². The number of amides is 1. The van der Waals surface area contributed by atoms with Crippen molar-refractivity contribution in [3.63, 3.8) is 0 Å². The lowest BCUT2D eigenvalue weighted by Gasteiger charge is -2.17. The van der Waals surface area contributed by atoms with Crippen molar-refractivity contribution in [1.82, 2.24) is 10.1 Å². The number of aromatic nitrogens is 2. The fourth-order valence-electron chi connectivity index (χ4n) is 2.34. The zero-order chi connectivity index (χ0) is 14.7. The Hall–Kier alpha value is -2.63. The van der Waals surface area contributed by atoms with E-state index in [0.717, 1.165) is 30.5 Å². The molecule has 6 heteroatoms. The van der Waals surface area contributed by atoms with Gasteiger partial charge >= 0.3 is 5.76 Å². The van der Waals surface area contributed by atoms with Crippen LogP contribution in [0.1, 0.15) is 19.3 Å². The Morgan fingerprint density at radius 2 is 2.10 bits per heavy atom. The number of nitrogens with one attached hydrogen (secondary N) is 2. The molecule has 0 spiro atoms. The molecule has 1 aromatic carbocycles. The van der Waals surface area contributed by atoms with Crippen molar-refractivity contribution in [3.8, 4) is 11.4 Å². The third kappa shape index (κ3) is 3.10. The number of allylic oxidation sites excluding steroid dienone is 2. The Morgan fingerprint density at radius 3 is 2.71 bits per heavy atom. The van der Waals surface area contributed by atoms with Crippen LogP contribution in [-0.2, 0) is 4.79 Å². The zero-order valence-electron chi connectivity index (χ0n) is 11.3. The Balaban J connectivity index is 1.68. The van der Waals surface area contributed by atoms with Crippen LogP contribution in [0.25, 0.3) is 11.4 Å². The van der Waals surface area contributed by atoms with Gasteiger partial charge in [0.25, 0.3) is 0 Å². The Bertz CT molecular complexity index is 712. The Labute approximate surface area is 120 Å². The molecule has 2 N–H and O–H groups in total. The molecule has 1 aromatic heterocycles. The summed E-state index contributed by atoms with van der Waals surface area (Å²) in [6.07, 6.45) is 6.80. The average molecular weight is 285 g/mol. The van der Waals surface area contributed by atoms with Gasteiger partial charge in [-0.1, -0.05) is 17.3 Å². The Morgan fingerprint density at radius 1 is 1.29 bits per heavy atom. The van der Waals surface area contributed by atoms with Gasteiger partial charge in [0, 0.05) is 17.2 Å². The van der Waals surface area contributed by atoms with Crippen LogP contribution in [0.3, 0.4) is 0 Å². The van der Waals surface area contributed by atoms with Crippen LogP contribution < -0.4 is 11.1 Å². The number of rotatable bonds is 3. The third-order valence-electron chi connectivity index (χ3n) is 3.51. The number of benzene rings is 1. The number of H-pyrrole nitrogens is 1. The Kier molecular flexibility index (Phi) is 3.68. The molecule has 1 heterocycles. The van der Waals surface area contributed by atoms with Gasteiger partial charge in [-0.05, 0) is 43.5 Å². The van der Waals surface area contributed by atoms with Crippen LogP contribution in [0, 0.1) is 5.92 Å². The quantitative estimate of drug-likeness (QED) is 0.847. The highest BCUT2D eigenvalue weighted by molar-refractivity contribution is 5.92. The highest BCUT2D eigenvalue weighted by Gasteiger charge is 2.18. The van der Waals surface area contributed by atoms with E-state index in [0.29, 0.717) is 5.82 Å². The van der Waals surface area contributed by atoms with Gasteiger partial charge in [0.1, 0.15) is 0 Å². The van der Waals surface area contributed by atoms with E-state index in [1.54, 1.807) is 24.3 Å². The van der Waals surface area contributed by atoms with Crippen molar-refractivity contribution in [2.75, 3.05) is 5.32 Å². The second kappa shape index (κ2) is 5.78. The van der Waals surface area contributed by atoms with Crippen LogP contribution >= 0.6 is 0 Å². The fourth-order valence-corrected chi connectivity index (χ4v) is 2.34. The summed E-state index contributed by atoms with van der Waals surface area (Å²) in [5.41, 5.74) is 1.45. The molecular formula is C15H15N3O3. The van der Waals surface area contributed by atoms with Gasteiger partial charge in [-0.15, -0.1) is 0 Å². The molecule has 1 aliphatic rings. The topological polar surface area (TPSA) is 88.0 Å². The van der Waals surface area contributed by atoms with Gasteiger partial charge < -0.3 is 5.32 Å². The minimum atomic E-state index is -0.590. The standard InChI is InChI=1S/C15H15N3O3/c19-14(11-4-2-1-3-5-11)16-12-8-6-10(7-9-12)13-17-15(20)21-18-13/h1-2,6-9,11H,3-5H2,(H,16,19)(H,17,18,20). The number of carbonyl (C=O) groups excluding carboxylic acids is 1. The van der Waals surface area contributed by atoms with Crippen molar-refractivity contribution in [2.45, 2.75) is 19.3 Å². The summed E-state index contributed by atoms with van der Waals surface area (Å²) in [7, 11) is 0. The van der Waals surface area contributed by atoms with Gasteiger partial charge in [0.2, 0.25) is 5.91 Å². The second-order valence-corrected chi connectivity index (χ2v) is 4.99. The van der Waals surface area contributed by atoms with E-state index in [-0.39, 0.29) is 11.8 Å². The lowest BCUT2D eigenvalue weighted by molar-refractivity contribution is -0.120. The second-order valence-electron chi connectivity index (χ2n) is 4.99. The summed E-state index contributed by atoms with van der Waals surface area (Å²) in [6, 6.07) is 7.09. The van der Waals surface area contributed by atoms with Crippen molar-refractivity contribution >= 4 is 11.6 Å². The van der Waals surface area contributed by atoms with Crippen LogP contribution in [0.5, 0.6) is 0 Å². The highest BCUT2D eigenvalue weighted by atomic mass is 16.5. The van der Waals surface area contributed by atoms with Gasteiger partial charge in [0.15, 0.2) is 5.82 Å². The molecule has 0 fully saturated rings. The molecule has 6 nitrogen and oxygen atoms in total. The summed E-state index contributed by atoms with van der Waals surface area (Å²) >= 11 is 0. The fraction of sp³-hybridized carbons (Fsp3) is 0.267. The number of carbonyl (C=O) groups is 1. The van der Waals surface area contributed by atoms with E-state index in [1.165, 1.54) is 0 Å². The van der Waals surface area contributed by atoms with Gasteiger partial charge in [0.05, 0.1) is 0 Å². The monoisotopic (exact) mass is 285 g/mol. The lowest BCUT2D eigenvalue weighted by Crippen LogP contribution is -2.23. The van der Waals surface area contributed by atoms with Crippen molar-refractivity contribution in [1.29, 1.82) is 0 Å². The lowest BCUT2D eigenvalue weighted by atomic mass is 9.93. The van der Waals surface area contributed by atoms with Crippen LogP contribution in [-0.4, -0.2) is 16.0 Å².